The summed E-state index contributed by atoms with van der Waals surface area (Å²) in [5, 5.41) is 25.4. The molecule has 2 rings (SSSR count). The van der Waals surface area contributed by atoms with Crippen molar-refractivity contribution in [3.8, 4) is 0 Å². The molecule has 188 valence electrons. The number of benzene rings is 1. The summed E-state index contributed by atoms with van der Waals surface area (Å²) in [6.07, 6.45) is 2.45. The summed E-state index contributed by atoms with van der Waals surface area (Å²) in [5.41, 5.74) is 6.83. The van der Waals surface area contributed by atoms with Crippen LogP contribution in [0.2, 0.25) is 0 Å². The van der Waals surface area contributed by atoms with Gasteiger partial charge in [0.1, 0.15) is 12.1 Å². The Bertz CT molecular complexity index is 1010. The molecule has 1 heterocycles. The topological polar surface area (TPSA) is 217 Å². The monoisotopic (exact) mass is 488 g/mol. The molecule has 35 heavy (non-hydrogen) atoms. The van der Waals surface area contributed by atoms with E-state index in [1.807, 2.05) is 0 Å². The number of carboxylic acids is 2. The molecule has 0 aliphatic heterocycles. The fourth-order valence-corrected chi connectivity index (χ4v) is 3.10. The minimum absolute atomic E-state index is 0.0443. The third kappa shape index (κ3) is 9.63. The van der Waals surface area contributed by atoms with Crippen LogP contribution >= 0.6 is 0 Å². The first kappa shape index (κ1) is 27.0. The average molecular weight is 489 g/mol. The summed E-state index contributed by atoms with van der Waals surface area (Å²) in [6, 6.07) is 5.26. The highest BCUT2D eigenvalue weighted by Gasteiger charge is 2.27. The van der Waals surface area contributed by atoms with Crippen LogP contribution in [-0.2, 0) is 36.8 Å². The van der Waals surface area contributed by atoms with Crippen LogP contribution in [0.5, 0.6) is 0 Å². The molecule has 13 nitrogen and oxygen atoms in total. The van der Waals surface area contributed by atoms with Crippen LogP contribution in [0.25, 0.3) is 0 Å². The summed E-state index contributed by atoms with van der Waals surface area (Å²) in [4.78, 5) is 66.2. The van der Waals surface area contributed by atoms with Gasteiger partial charge in [0.25, 0.3) is 0 Å². The smallest absolute Gasteiger partial charge is 0.326 e. The molecule has 0 fully saturated rings. The lowest BCUT2D eigenvalue weighted by Gasteiger charge is -2.22. The fraction of sp³-hybridized carbons (Fsp3) is 0.364. The van der Waals surface area contributed by atoms with Crippen molar-refractivity contribution in [1.82, 2.24) is 25.9 Å². The molecule has 0 saturated carbocycles. The van der Waals surface area contributed by atoms with E-state index in [4.69, 9.17) is 10.8 Å². The van der Waals surface area contributed by atoms with Crippen LogP contribution in [0.4, 0.5) is 0 Å². The second-order valence-electron chi connectivity index (χ2n) is 7.75. The number of aromatic nitrogens is 2. The van der Waals surface area contributed by atoms with Gasteiger partial charge in [-0.2, -0.15) is 0 Å². The summed E-state index contributed by atoms with van der Waals surface area (Å²) in [5.74, 6) is -4.51. The average Bonchev–Trinajstić information content (AvgIpc) is 3.33. The minimum atomic E-state index is -1.27. The van der Waals surface area contributed by atoms with Gasteiger partial charge in [-0.3, -0.25) is 19.2 Å². The standard InChI is InChI=1S/C22H28N6O7/c23-15(6-7-19(30)31)20(32)25-11-18(29)27-16(8-13-4-2-1-3-5-13)21(33)28-17(22(34)35)9-14-10-24-12-26-14/h1-5,10,12,15-17H,6-9,11,23H2,(H,24,26)(H,25,32)(H,27,29)(H,28,33)(H,30,31)(H,34,35). The number of amides is 3. The molecule has 0 aliphatic carbocycles. The van der Waals surface area contributed by atoms with Gasteiger partial charge in [-0.1, -0.05) is 30.3 Å². The van der Waals surface area contributed by atoms with Crippen molar-refractivity contribution in [3.63, 3.8) is 0 Å². The normalized spacial score (nSPS) is 13.2. The number of carbonyl (C=O) groups excluding carboxylic acids is 3. The zero-order valence-electron chi connectivity index (χ0n) is 18.8. The Morgan fingerprint density at radius 2 is 1.69 bits per heavy atom. The number of H-pyrrole nitrogens is 1. The van der Waals surface area contributed by atoms with Crippen LogP contribution in [0.3, 0.4) is 0 Å². The van der Waals surface area contributed by atoms with Crippen LogP contribution < -0.4 is 21.7 Å². The van der Waals surface area contributed by atoms with Gasteiger partial charge in [-0.05, 0) is 12.0 Å². The highest BCUT2D eigenvalue weighted by Crippen LogP contribution is 2.06. The summed E-state index contributed by atoms with van der Waals surface area (Å²) in [7, 11) is 0. The quantitative estimate of drug-likeness (QED) is 0.165. The maximum Gasteiger partial charge on any atom is 0.326 e. The molecule has 1 aromatic heterocycles. The summed E-state index contributed by atoms with van der Waals surface area (Å²) in [6.45, 7) is -0.505. The first-order valence-corrected chi connectivity index (χ1v) is 10.7. The predicted octanol–water partition coefficient (Wildman–Crippen LogP) is -1.44. The van der Waals surface area contributed by atoms with Crippen molar-refractivity contribution >= 4 is 29.7 Å². The van der Waals surface area contributed by atoms with Crippen molar-refractivity contribution in [2.24, 2.45) is 5.73 Å². The van der Waals surface area contributed by atoms with Gasteiger partial charge in [-0.25, -0.2) is 9.78 Å². The van der Waals surface area contributed by atoms with E-state index in [1.54, 1.807) is 30.3 Å². The number of imidazole rings is 1. The van der Waals surface area contributed by atoms with Crippen molar-refractivity contribution in [3.05, 3.63) is 54.1 Å². The maximum atomic E-state index is 12.9. The number of rotatable bonds is 14. The van der Waals surface area contributed by atoms with E-state index < -0.39 is 54.3 Å². The summed E-state index contributed by atoms with van der Waals surface area (Å²) >= 11 is 0. The van der Waals surface area contributed by atoms with Crippen molar-refractivity contribution in [2.45, 2.75) is 43.8 Å². The molecule has 2 aromatic rings. The van der Waals surface area contributed by atoms with Crippen LogP contribution in [-0.4, -0.2) is 74.5 Å². The lowest BCUT2D eigenvalue weighted by atomic mass is 10.0. The number of hydrogen-bond donors (Lipinski definition) is 7. The van der Waals surface area contributed by atoms with Gasteiger partial charge in [0, 0.05) is 31.2 Å². The lowest BCUT2D eigenvalue weighted by Crippen LogP contribution is -2.54. The van der Waals surface area contributed by atoms with Crippen molar-refractivity contribution in [1.29, 1.82) is 0 Å². The molecule has 1 aromatic carbocycles. The molecule has 8 N–H and O–H groups in total. The Labute approximate surface area is 200 Å². The maximum absolute atomic E-state index is 12.9. The molecule has 13 heteroatoms. The second-order valence-corrected chi connectivity index (χ2v) is 7.75. The van der Waals surface area contributed by atoms with Gasteiger partial charge in [0.15, 0.2) is 0 Å². The van der Waals surface area contributed by atoms with E-state index in [2.05, 4.69) is 25.9 Å². The van der Waals surface area contributed by atoms with E-state index in [0.717, 1.165) is 0 Å². The number of nitrogens with zero attached hydrogens (tertiary/aromatic N) is 1. The number of aliphatic carboxylic acids is 2. The third-order valence-electron chi connectivity index (χ3n) is 4.96. The van der Waals surface area contributed by atoms with E-state index >= 15 is 0 Å². The molecule has 0 radical (unpaired) electrons. The Morgan fingerprint density at radius 3 is 2.29 bits per heavy atom. The van der Waals surface area contributed by atoms with Gasteiger partial charge in [0.05, 0.1) is 18.9 Å². The van der Waals surface area contributed by atoms with E-state index in [-0.39, 0.29) is 25.7 Å². The number of nitrogens with one attached hydrogen (secondary N) is 4. The Kier molecular flexibility index (Phi) is 10.4. The largest absolute Gasteiger partial charge is 0.481 e. The number of nitrogens with two attached hydrogens (primary N) is 1. The molecular weight excluding hydrogens is 460 g/mol. The van der Waals surface area contributed by atoms with Gasteiger partial charge in [-0.15, -0.1) is 0 Å². The lowest BCUT2D eigenvalue weighted by molar-refractivity contribution is -0.142. The zero-order valence-corrected chi connectivity index (χ0v) is 18.8. The third-order valence-corrected chi connectivity index (χ3v) is 4.96. The Hall–Kier alpha value is -4.26. The SMILES string of the molecule is NC(CCC(=O)O)C(=O)NCC(=O)NC(Cc1ccccc1)C(=O)NC(Cc1cnc[nH]1)C(=O)O. The molecule has 3 atom stereocenters. The van der Waals surface area contributed by atoms with Crippen molar-refractivity contribution < 1.29 is 34.2 Å². The minimum Gasteiger partial charge on any atom is -0.481 e. The molecular formula is C22H28N6O7. The molecule has 0 spiro atoms. The van der Waals surface area contributed by atoms with E-state index in [0.29, 0.717) is 11.3 Å². The molecule has 0 bridgehead atoms. The highest BCUT2D eigenvalue weighted by molar-refractivity contribution is 5.92. The predicted molar refractivity (Wildman–Crippen MR) is 122 cm³/mol. The molecule has 3 unspecified atom stereocenters. The summed E-state index contributed by atoms with van der Waals surface area (Å²) < 4.78 is 0. The number of carbonyl (C=O) groups is 5. The molecule has 0 aliphatic rings. The second kappa shape index (κ2) is 13.4. The van der Waals surface area contributed by atoms with Gasteiger partial charge >= 0.3 is 11.9 Å². The van der Waals surface area contributed by atoms with Crippen LogP contribution in [0, 0.1) is 0 Å². The molecule has 0 saturated heterocycles. The highest BCUT2D eigenvalue weighted by atomic mass is 16.4. The zero-order chi connectivity index (χ0) is 25.8. The fourth-order valence-electron chi connectivity index (χ4n) is 3.10. The van der Waals surface area contributed by atoms with Gasteiger partial charge in [0.2, 0.25) is 17.7 Å². The number of hydrogen-bond acceptors (Lipinski definition) is 7. The van der Waals surface area contributed by atoms with E-state index in [9.17, 15) is 29.1 Å². The Balaban J connectivity index is 2.02. The number of aromatic amines is 1. The van der Waals surface area contributed by atoms with Crippen LogP contribution in [0.1, 0.15) is 24.1 Å². The first-order valence-electron chi connectivity index (χ1n) is 10.7. The van der Waals surface area contributed by atoms with Gasteiger partial charge < -0.3 is 36.9 Å². The van der Waals surface area contributed by atoms with Crippen LogP contribution in [0.15, 0.2) is 42.9 Å². The van der Waals surface area contributed by atoms with E-state index in [1.165, 1.54) is 12.5 Å². The molecule has 3 amide bonds. The number of carboxylic acid groups (broad SMARTS) is 2. The van der Waals surface area contributed by atoms with Crippen molar-refractivity contribution in [2.75, 3.05) is 6.54 Å². The Morgan fingerprint density at radius 1 is 0.971 bits per heavy atom. The first-order chi connectivity index (χ1) is 16.7.